The van der Waals surface area contributed by atoms with Crippen LogP contribution in [0.3, 0.4) is 0 Å². The van der Waals surface area contributed by atoms with Gasteiger partial charge in [0, 0.05) is 0 Å². The van der Waals surface area contributed by atoms with E-state index in [0.29, 0.717) is 0 Å². The number of allylic oxidation sites excluding steroid dienone is 2. The molecule has 0 spiro atoms. The van der Waals surface area contributed by atoms with Crippen LogP contribution in [0.5, 0.6) is 0 Å². The average Bonchev–Trinajstić information content (AvgIpc) is 1.87. The van der Waals surface area contributed by atoms with Crippen molar-refractivity contribution >= 4 is 8.80 Å². The molecule has 1 heteroatoms. The highest BCUT2D eigenvalue weighted by Gasteiger charge is 2.15. The van der Waals surface area contributed by atoms with Crippen molar-refractivity contribution in [2.75, 3.05) is 0 Å². The van der Waals surface area contributed by atoms with Crippen LogP contribution >= 0.6 is 0 Å². The van der Waals surface area contributed by atoms with Crippen LogP contribution in [0.1, 0.15) is 27.7 Å². The second kappa shape index (κ2) is 5.36. The number of hydrogen-bond donors (Lipinski definition) is 0. The Labute approximate surface area is 72.6 Å². The molecule has 1 radical (unpaired) electrons. The van der Waals surface area contributed by atoms with E-state index >= 15 is 0 Å². The van der Waals surface area contributed by atoms with E-state index in [0.717, 1.165) is 11.1 Å². The zero-order valence-electron chi connectivity index (χ0n) is 8.09. The fourth-order valence-electron chi connectivity index (χ4n) is 1.23. The van der Waals surface area contributed by atoms with Crippen LogP contribution in [0.15, 0.2) is 24.4 Å². The molecule has 0 rings (SSSR count). The maximum absolute atomic E-state index is 3.68. The zero-order chi connectivity index (χ0) is 8.85. The Morgan fingerprint density at radius 2 is 1.55 bits per heavy atom. The maximum atomic E-state index is 3.68. The molecule has 0 aliphatic heterocycles. The van der Waals surface area contributed by atoms with Crippen LogP contribution in [-0.2, 0) is 0 Å². The van der Waals surface area contributed by atoms with Crippen molar-refractivity contribution in [2.24, 2.45) is 0 Å². The van der Waals surface area contributed by atoms with E-state index in [1.165, 1.54) is 0 Å². The lowest BCUT2D eigenvalue weighted by atomic mass is 10.5. The van der Waals surface area contributed by atoms with E-state index in [-0.39, 0.29) is 8.80 Å². The molecule has 0 aliphatic rings. The first-order valence-corrected chi connectivity index (χ1v) is 5.98. The summed E-state index contributed by atoms with van der Waals surface area (Å²) in [4.78, 5) is 0. The molecule has 0 nitrogen and oxygen atoms in total. The van der Waals surface area contributed by atoms with Gasteiger partial charge in [0.05, 0.1) is 8.80 Å². The van der Waals surface area contributed by atoms with Gasteiger partial charge >= 0.3 is 0 Å². The first kappa shape index (κ1) is 10.7. The predicted octanol–water partition coefficient (Wildman–Crippen LogP) is 3.58. The van der Waals surface area contributed by atoms with Crippen LogP contribution in [0, 0.1) is 0 Å². The lowest BCUT2D eigenvalue weighted by Crippen LogP contribution is -2.17. The first-order valence-electron chi connectivity index (χ1n) is 4.25. The van der Waals surface area contributed by atoms with Gasteiger partial charge in [-0.1, -0.05) is 52.1 Å². The minimum absolute atomic E-state index is 0.293. The molecule has 63 valence electrons. The third-order valence-corrected chi connectivity index (χ3v) is 5.00. The zero-order valence-corrected chi connectivity index (χ0v) is 9.09. The van der Waals surface area contributed by atoms with Crippen molar-refractivity contribution < 1.29 is 0 Å². The van der Waals surface area contributed by atoms with Crippen LogP contribution in [0.2, 0.25) is 11.1 Å². The van der Waals surface area contributed by atoms with Crippen molar-refractivity contribution in [3.63, 3.8) is 0 Å². The Morgan fingerprint density at radius 1 is 1.09 bits per heavy atom. The van der Waals surface area contributed by atoms with Crippen molar-refractivity contribution in [1.82, 2.24) is 0 Å². The van der Waals surface area contributed by atoms with Gasteiger partial charge in [0.2, 0.25) is 0 Å². The normalized spacial score (nSPS) is 12.3. The lowest BCUT2D eigenvalue weighted by Gasteiger charge is -2.18. The summed E-state index contributed by atoms with van der Waals surface area (Å²) in [6.45, 7) is 12.9. The third-order valence-electron chi connectivity index (χ3n) is 1.76. The molecule has 0 aromatic carbocycles. The fraction of sp³-hybridized carbons (Fsp3) is 0.600. The Balaban J connectivity index is 4.10. The van der Waals surface area contributed by atoms with Gasteiger partial charge in [-0.25, -0.2) is 0 Å². The standard InChI is InChI=1S/C10H19Si/c1-6-7-8-11(9(2)3)10(4)5/h6-10H,1H2,2-5H3/b8-7+. The van der Waals surface area contributed by atoms with Gasteiger partial charge < -0.3 is 0 Å². The van der Waals surface area contributed by atoms with Crippen LogP contribution < -0.4 is 0 Å². The minimum Gasteiger partial charge on any atom is -0.0991 e. The summed E-state index contributed by atoms with van der Waals surface area (Å²) in [5.74, 6) is 0. The highest BCUT2D eigenvalue weighted by Crippen LogP contribution is 2.20. The lowest BCUT2D eigenvalue weighted by molar-refractivity contribution is 0.950. The minimum atomic E-state index is -0.293. The SMILES string of the molecule is C=C/C=C/[Si](C(C)C)C(C)C. The molecular weight excluding hydrogens is 148 g/mol. The smallest absolute Gasteiger partial charge is 0.0811 e. The summed E-state index contributed by atoms with van der Waals surface area (Å²) in [5.41, 5.74) is 4.01. The Kier molecular flexibility index (Phi) is 5.21. The molecule has 0 fully saturated rings. The van der Waals surface area contributed by atoms with Crippen molar-refractivity contribution in [3.05, 3.63) is 24.4 Å². The summed E-state index contributed by atoms with van der Waals surface area (Å²) >= 11 is 0. The summed E-state index contributed by atoms with van der Waals surface area (Å²) in [5, 5.41) is 0. The second-order valence-corrected chi connectivity index (χ2v) is 7.05. The van der Waals surface area contributed by atoms with E-state index in [1.54, 1.807) is 0 Å². The predicted molar refractivity (Wildman–Crippen MR) is 55.3 cm³/mol. The van der Waals surface area contributed by atoms with Crippen LogP contribution in [0.25, 0.3) is 0 Å². The largest absolute Gasteiger partial charge is 0.0991 e. The molecule has 0 atom stereocenters. The summed E-state index contributed by atoms with van der Waals surface area (Å²) in [6, 6.07) is 0. The summed E-state index contributed by atoms with van der Waals surface area (Å²) in [6.07, 6.45) is 3.96. The van der Waals surface area contributed by atoms with Gasteiger partial charge in [-0.15, -0.1) is 0 Å². The molecule has 0 heterocycles. The molecule has 11 heavy (non-hydrogen) atoms. The highest BCUT2D eigenvalue weighted by atomic mass is 28.3. The molecule has 0 saturated carbocycles. The van der Waals surface area contributed by atoms with Crippen molar-refractivity contribution in [1.29, 1.82) is 0 Å². The topological polar surface area (TPSA) is 0 Å². The maximum Gasteiger partial charge on any atom is 0.0811 e. The molecule has 0 N–H and O–H groups in total. The first-order chi connectivity index (χ1) is 5.09. The van der Waals surface area contributed by atoms with E-state index in [1.807, 2.05) is 6.08 Å². The monoisotopic (exact) mass is 167 g/mol. The van der Waals surface area contributed by atoms with Gasteiger partial charge in [0.1, 0.15) is 0 Å². The molecule has 0 bridgehead atoms. The molecule has 0 amide bonds. The third kappa shape index (κ3) is 4.20. The van der Waals surface area contributed by atoms with Gasteiger partial charge in [0.25, 0.3) is 0 Å². The summed E-state index contributed by atoms with van der Waals surface area (Å²) in [7, 11) is -0.293. The van der Waals surface area contributed by atoms with E-state index in [4.69, 9.17) is 0 Å². The van der Waals surface area contributed by atoms with Gasteiger partial charge in [-0.3, -0.25) is 0 Å². The quantitative estimate of drug-likeness (QED) is 0.443. The summed E-state index contributed by atoms with van der Waals surface area (Å²) < 4.78 is 0. The molecule has 0 saturated heterocycles. The average molecular weight is 167 g/mol. The van der Waals surface area contributed by atoms with Crippen molar-refractivity contribution in [2.45, 2.75) is 38.8 Å². The van der Waals surface area contributed by atoms with E-state index in [9.17, 15) is 0 Å². The number of hydrogen-bond acceptors (Lipinski definition) is 0. The fourth-order valence-corrected chi connectivity index (χ4v) is 3.69. The van der Waals surface area contributed by atoms with Gasteiger partial charge in [-0.05, 0) is 11.1 Å². The molecular formula is C10H19Si. The van der Waals surface area contributed by atoms with Crippen molar-refractivity contribution in [3.8, 4) is 0 Å². The van der Waals surface area contributed by atoms with Gasteiger partial charge in [-0.2, -0.15) is 0 Å². The van der Waals surface area contributed by atoms with E-state index < -0.39 is 0 Å². The number of rotatable bonds is 4. The molecule has 0 aromatic rings. The Bertz CT molecular complexity index is 126. The molecule has 0 aromatic heterocycles. The molecule has 0 unspecified atom stereocenters. The van der Waals surface area contributed by atoms with Gasteiger partial charge in [0.15, 0.2) is 0 Å². The Morgan fingerprint density at radius 3 is 1.82 bits per heavy atom. The highest BCUT2D eigenvalue weighted by molar-refractivity contribution is 6.66. The Hall–Kier alpha value is -0.303. The molecule has 0 aliphatic carbocycles. The van der Waals surface area contributed by atoms with Crippen LogP contribution in [0.4, 0.5) is 0 Å². The van der Waals surface area contributed by atoms with Crippen LogP contribution in [-0.4, -0.2) is 8.80 Å². The van der Waals surface area contributed by atoms with E-state index in [2.05, 4.69) is 46.0 Å². The second-order valence-electron chi connectivity index (χ2n) is 3.40.